The van der Waals surface area contributed by atoms with E-state index in [1.54, 1.807) is 19.3 Å². The zero-order chi connectivity index (χ0) is 20.1. The summed E-state index contributed by atoms with van der Waals surface area (Å²) >= 11 is 0. The summed E-state index contributed by atoms with van der Waals surface area (Å²) in [6.07, 6.45) is 6.56. The molecule has 6 heteroatoms. The highest BCUT2D eigenvalue weighted by Crippen LogP contribution is 2.28. The van der Waals surface area contributed by atoms with E-state index in [2.05, 4.69) is 15.3 Å². The summed E-state index contributed by atoms with van der Waals surface area (Å²) in [7, 11) is 0. The van der Waals surface area contributed by atoms with Gasteiger partial charge in [-0.15, -0.1) is 0 Å². The number of hydrogen-bond donors (Lipinski definition) is 3. The Morgan fingerprint density at radius 3 is 2.14 bits per heavy atom. The van der Waals surface area contributed by atoms with Crippen molar-refractivity contribution in [2.75, 3.05) is 5.32 Å². The monoisotopic (exact) mass is 385 g/mol. The largest absolute Gasteiger partial charge is 0.490 e. The van der Waals surface area contributed by atoms with Gasteiger partial charge in [-0.3, -0.25) is 0 Å². The molecule has 3 atom stereocenters. The smallest absolute Gasteiger partial charge is 0.130 e. The van der Waals surface area contributed by atoms with Crippen LogP contribution in [0.1, 0.15) is 69.8 Å². The predicted octanol–water partition coefficient (Wildman–Crippen LogP) is 3.82. The van der Waals surface area contributed by atoms with Crippen molar-refractivity contribution in [2.24, 2.45) is 0 Å². The van der Waals surface area contributed by atoms with Gasteiger partial charge in [-0.25, -0.2) is 9.97 Å². The Balaban J connectivity index is 1.73. The van der Waals surface area contributed by atoms with E-state index in [9.17, 15) is 10.2 Å². The van der Waals surface area contributed by atoms with E-state index in [1.807, 2.05) is 38.1 Å². The molecule has 28 heavy (non-hydrogen) atoms. The Hall–Kier alpha value is -2.18. The number of aliphatic hydroxyl groups is 2. The number of anilines is 1. The maximum absolute atomic E-state index is 10.5. The van der Waals surface area contributed by atoms with E-state index < -0.39 is 18.2 Å². The molecule has 6 nitrogen and oxygen atoms in total. The lowest BCUT2D eigenvalue weighted by atomic mass is 10.00. The molecule has 2 aromatic rings. The Morgan fingerprint density at radius 2 is 1.61 bits per heavy atom. The molecule has 1 aliphatic carbocycles. The predicted molar refractivity (Wildman–Crippen MR) is 109 cm³/mol. The lowest BCUT2D eigenvalue weighted by Crippen LogP contribution is -2.34. The van der Waals surface area contributed by atoms with E-state index in [0.29, 0.717) is 6.10 Å². The van der Waals surface area contributed by atoms with Crippen LogP contribution >= 0.6 is 0 Å². The van der Waals surface area contributed by atoms with Crippen LogP contribution in [0.25, 0.3) is 0 Å². The minimum Gasteiger partial charge on any atom is -0.490 e. The van der Waals surface area contributed by atoms with Crippen molar-refractivity contribution in [3.63, 3.8) is 0 Å². The maximum Gasteiger partial charge on any atom is 0.130 e. The van der Waals surface area contributed by atoms with Gasteiger partial charge in [0.15, 0.2) is 0 Å². The Bertz CT molecular complexity index is 726. The van der Waals surface area contributed by atoms with Gasteiger partial charge in [0.05, 0.1) is 18.2 Å². The van der Waals surface area contributed by atoms with Gasteiger partial charge >= 0.3 is 0 Å². The van der Waals surface area contributed by atoms with Crippen molar-refractivity contribution < 1.29 is 14.9 Å². The van der Waals surface area contributed by atoms with E-state index in [0.717, 1.165) is 35.7 Å². The molecular formula is C22H31N3O3. The van der Waals surface area contributed by atoms with Crippen LogP contribution in [0.4, 0.5) is 5.69 Å². The fraction of sp³-hybridized carbons (Fsp3) is 0.545. The number of aromatic nitrogens is 2. The Morgan fingerprint density at radius 1 is 1.00 bits per heavy atom. The summed E-state index contributed by atoms with van der Waals surface area (Å²) in [4.78, 5) is 8.78. The summed E-state index contributed by atoms with van der Waals surface area (Å²) in [5.41, 5.74) is 1.56. The van der Waals surface area contributed by atoms with Crippen molar-refractivity contribution in [2.45, 2.75) is 76.7 Å². The minimum absolute atomic E-state index is 0.231. The van der Waals surface area contributed by atoms with Crippen LogP contribution < -0.4 is 10.1 Å². The molecule has 0 bridgehead atoms. The molecule has 0 radical (unpaired) electrons. The van der Waals surface area contributed by atoms with Gasteiger partial charge in [0, 0.05) is 29.6 Å². The van der Waals surface area contributed by atoms with Crippen LogP contribution in [-0.2, 0) is 0 Å². The van der Waals surface area contributed by atoms with Gasteiger partial charge in [0.25, 0.3) is 0 Å². The van der Waals surface area contributed by atoms with E-state index >= 15 is 0 Å². The number of rotatable bonds is 8. The lowest BCUT2D eigenvalue weighted by molar-refractivity contribution is 0.0188. The normalized spacial score (nSPS) is 18.1. The fourth-order valence-electron chi connectivity index (χ4n) is 3.46. The topological polar surface area (TPSA) is 87.5 Å². The molecule has 152 valence electrons. The van der Waals surface area contributed by atoms with Gasteiger partial charge < -0.3 is 20.3 Å². The highest BCUT2D eigenvalue weighted by atomic mass is 16.5. The molecule has 1 fully saturated rings. The summed E-state index contributed by atoms with van der Waals surface area (Å²) in [5, 5.41) is 23.8. The maximum atomic E-state index is 10.5. The lowest BCUT2D eigenvalue weighted by Gasteiger charge is -2.27. The zero-order valence-electron chi connectivity index (χ0n) is 16.9. The summed E-state index contributed by atoms with van der Waals surface area (Å²) in [6.45, 7) is 5.64. The number of benzene rings is 1. The molecule has 3 rings (SSSR count). The average Bonchev–Trinajstić information content (AvgIpc) is 3.20. The summed E-state index contributed by atoms with van der Waals surface area (Å²) < 4.78 is 6.00. The molecule has 1 saturated carbocycles. The molecule has 1 aromatic carbocycles. The van der Waals surface area contributed by atoms with Gasteiger partial charge in [-0.1, -0.05) is 13.8 Å². The van der Waals surface area contributed by atoms with Gasteiger partial charge in [-0.05, 0) is 56.9 Å². The second-order valence-electron chi connectivity index (χ2n) is 7.93. The van der Waals surface area contributed by atoms with E-state index in [4.69, 9.17) is 4.74 Å². The first-order chi connectivity index (χ1) is 13.4. The molecule has 1 aromatic heterocycles. The summed E-state index contributed by atoms with van der Waals surface area (Å²) in [6, 6.07) is 7.20. The third-order valence-electron chi connectivity index (χ3n) is 5.18. The fourth-order valence-corrected chi connectivity index (χ4v) is 3.46. The quantitative estimate of drug-likeness (QED) is 0.640. The average molecular weight is 386 g/mol. The van der Waals surface area contributed by atoms with Crippen molar-refractivity contribution in [3.8, 4) is 5.75 Å². The van der Waals surface area contributed by atoms with Crippen LogP contribution in [0.15, 0.2) is 36.7 Å². The molecular weight excluding hydrogens is 354 g/mol. The zero-order valence-corrected chi connectivity index (χ0v) is 16.9. The number of ether oxygens (including phenoxy) is 1. The molecule has 0 unspecified atom stereocenters. The number of nitrogens with zero attached hydrogens (tertiary/aromatic N) is 2. The first-order valence-electron chi connectivity index (χ1n) is 10.1. The Kier molecular flexibility index (Phi) is 6.86. The SMILES string of the molecule is CC(C)c1ncc([C@@H](Nc2ccc(OC3CCCC3)cc2)[C@H](O)[C@H](C)O)cn1. The van der Waals surface area contributed by atoms with Crippen LogP contribution in [0.2, 0.25) is 0 Å². The van der Waals surface area contributed by atoms with E-state index in [-0.39, 0.29) is 5.92 Å². The molecule has 0 spiro atoms. The van der Waals surface area contributed by atoms with Crippen molar-refractivity contribution in [1.82, 2.24) is 9.97 Å². The van der Waals surface area contributed by atoms with Gasteiger partial charge in [0.1, 0.15) is 17.7 Å². The van der Waals surface area contributed by atoms with Crippen molar-refractivity contribution in [3.05, 3.63) is 48.0 Å². The third kappa shape index (κ3) is 5.20. The van der Waals surface area contributed by atoms with Crippen LogP contribution in [0.5, 0.6) is 5.75 Å². The highest BCUT2D eigenvalue weighted by Gasteiger charge is 2.26. The van der Waals surface area contributed by atoms with Crippen molar-refractivity contribution in [1.29, 1.82) is 0 Å². The first-order valence-corrected chi connectivity index (χ1v) is 10.1. The highest BCUT2D eigenvalue weighted by molar-refractivity contribution is 5.48. The minimum atomic E-state index is -0.997. The number of nitrogens with one attached hydrogen (secondary N) is 1. The second kappa shape index (κ2) is 9.34. The number of hydrogen-bond acceptors (Lipinski definition) is 6. The Labute approximate surface area is 167 Å². The standard InChI is InChI=1S/C22H31N3O3/c1-14(2)22-23-12-16(13-24-22)20(21(27)15(3)26)25-17-8-10-19(11-9-17)28-18-6-4-5-7-18/h8-15,18,20-21,25-27H,4-7H2,1-3H3/t15-,20+,21+/m0/s1. The third-order valence-corrected chi connectivity index (χ3v) is 5.18. The molecule has 1 heterocycles. The van der Waals surface area contributed by atoms with Crippen LogP contribution in [0, 0.1) is 0 Å². The number of aliphatic hydroxyl groups excluding tert-OH is 2. The van der Waals surface area contributed by atoms with Crippen molar-refractivity contribution >= 4 is 5.69 Å². The van der Waals surface area contributed by atoms with E-state index in [1.165, 1.54) is 12.8 Å². The second-order valence-corrected chi connectivity index (χ2v) is 7.93. The molecule has 3 N–H and O–H groups in total. The molecule has 1 aliphatic rings. The first kappa shape index (κ1) is 20.6. The van der Waals surface area contributed by atoms with Gasteiger partial charge in [0.2, 0.25) is 0 Å². The molecule has 0 aliphatic heterocycles. The molecule has 0 amide bonds. The molecule has 0 saturated heterocycles. The summed E-state index contributed by atoms with van der Waals surface area (Å²) in [5.74, 6) is 1.84. The van der Waals surface area contributed by atoms with Crippen LogP contribution in [0.3, 0.4) is 0 Å². The van der Waals surface area contributed by atoms with Gasteiger partial charge in [-0.2, -0.15) is 0 Å². The van der Waals surface area contributed by atoms with Crippen LogP contribution in [-0.4, -0.2) is 38.5 Å².